The molecule has 0 radical (unpaired) electrons. The summed E-state index contributed by atoms with van der Waals surface area (Å²) in [5.74, 6) is 0. The van der Waals surface area contributed by atoms with E-state index in [1.807, 2.05) is 31.3 Å². The highest BCUT2D eigenvalue weighted by Crippen LogP contribution is 2.12. The van der Waals surface area contributed by atoms with E-state index in [-0.39, 0.29) is 0 Å². The Labute approximate surface area is 108 Å². The molecule has 1 N–H and O–H groups in total. The van der Waals surface area contributed by atoms with Gasteiger partial charge in [-0.1, -0.05) is 37.1 Å². The fraction of sp³-hybridized carbons (Fsp3) is 0.357. The number of benzene rings is 1. The third-order valence-electron chi connectivity index (χ3n) is 2.53. The van der Waals surface area contributed by atoms with E-state index in [4.69, 9.17) is 11.6 Å². The van der Waals surface area contributed by atoms with Crippen molar-refractivity contribution in [2.45, 2.75) is 19.8 Å². The zero-order valence-electron chi connectivity index (χ0n) is 10.6. The molecule has 0 amide bonds. The van der Waals surface area contributed by atoms with Crippen molar-refractivity contribution >= 4 is 17.3 Å². The Balaban J connectivity index is 2.96. The van der Waals surface area contributed by atoms with Gasteiger partial charge in [0.25, 0.3) is 0 Å². The molecule has 0 saturated heterocycles. The summed E-state index contributed by atoms with van der Waals surface area (Å²) in [6.07, 6.45) is 4.24. The van der Waals surface area contributed by atoms with Crippen LogP contribution in [-0.2, 0) is 0 Å². The molecule has 0 aliphatic heterocycles. The summed E-state index contributed by atoms with van der Waals surface area (Å²) in [4.78, 5) is 4.32. The minimum absolute atomic E-state index is 0.746. The number of nitrogens with zero attached hydrogens (tertiary/aromatic N) is 1. The van der Waals surface area contributed by atoms with Crippen LogP contribution in [0.2, 0.25) is 5.02 Å². The van der Waals surface area contributed by atoms with E-state index in [0.29, 0.717) is 0 Å². The van der Waals surface area contributed by atoms with Crippen molar-refractivity contribution in [1.82, 2.24) is 5.32 Å². The van der Waals surface area contributed by atoms with E-state index in [9.17, 15) is 0 Å². The van der Waals surface area contributed by atoms with Crippen molar-refractivity contribution in [3.05, 3.63) is 46.6 Å². The lowest BCUT2D eigenvalue weighted by molar-refractivity contribution is 0.818. The Morgan fingerprint density at radius 3 is 2.47 bits per heavy atom. The van der Waals surface area contributed by atoms with Crippen LogP contribution in [0.3, 0.4) is 0 Å². The second-order valence-electron chi connectivity index (χ2n) is 3.79. The molecule has 0 bridgehead atoms. The van der Waals surface area contributed by atoms with Crippen molar-refractivity contribution in [3.8, 4) is 0 Å². The van der Waals surface area contributed by atoms with Crippen LogP contribution in [0.15, 0.2) is 41.0 Å². The summed E-state index contributed by atoms with van der Waals surface area (Å²) < 4.78 is 0. The normalized spacial score (nSPS) is 12.7. The molecule has 0 aromatic heterocycles. The van der Waals surface area contributed by atoms with Gasteiger partial charge in [-0.15, -0.1) is 0 Å². The van der Waals surface area contributed by atoms with Crippen LogP contribution in [-0.4, -0.2) is 19.8 Å². The predicted molar refractivity (Wildman–Crippen MR) is 76.0 cm³/mol. The summed E-state index contributed by atoms with van der Waals surface area (Å²) in [5.41, 5.74) is 3.25. The van der Waals surface area contributed by atoms with E-state index in [1.165, 1.54) is 5.70 Å². The maximum Gasteiger partial charge on any atom is 0.0660 e. The van der Waals surface area contributed by atoms with E-state index in [2.05, 4.69) is 23.3 Å². The lowest BCUT2D eigenvalue weighted by Crippen LogP contribution is -2.09. The molecule has 17 heavy (non-hydrogen) atoms. The lowest BCUT2D eigenvalue weighted by atomic mass is 10.1. The maximum absolute atomic E-state index is 5.87. The first-order chi connectivity index (χ1) is 8.21. The number of hydrogen-bond acceptors (Lipinski definition) is 2. The second kappa shape index (κ2) is 7.13. The summed E-state index contributed by atoms with van der Waals surface area (Å²) in [6, 6.07) is 7.74. The summed E-state index contributed by atoms with van der Waals surface area (Å²) in [7, 11) is 3.75. The molecular weight excluding hydrogens is 232 g/mol. The average Bonchev–Trinajstić information content (AvgIpc) is 2.36. The first-order valence-electron chi connectivity index (χ1n) is 5.82. The summed E-state index contributed by atoms with van der Waals surface area (Å²) in [5, 5.41) is 3.95. The molecular formula is C14H19ClN2. The van der Waals surface area contributed by atoms with Gasteiger partial charge < -0.3 is 5.32 Å². The molecule has 2 nitrogen and oxygen atoms in total. The third kappa shape index (κ3) is 4.23. The van der Waals surface area contributed by atoms with Gasteiger partial charge in [-0.3, -0.25) is 4.99 Å². The van der Waals surface area contributed by atoms with E-state index >= 15 is 0 Å². The van der Waals surface area contributed by atoms with Gasteiger partial charge in [-0.2, -0.15) is 0 Å². The maximum atomic E-state index is 5.87. The number of hydrogen-bond donors (Lipinski definition) is 1. The molecule has 0 aliphatic rings. The molecule has 92 valence electrons. The van der Waals surface area contributed by atoms with E-state index in [1.54, 1.807) is 7.05 Å². The fourth-order valence-electron chi connectivity index (χ4n) is 1.60. The van der Waals surface area contributed by atoms with Gasteiger partial charge in [0, 0.05) is 24.8 Å². The minimum Gasteiger partial charge on any atom is -0.391 e. The van der Waals surface area contributed by atoms with Crippen molar-refractivity contribution < 1.29 is 0 Å². The SMILES string of the molecule is CCC/C(=C\C(=NC)c1ccc(Cl)cc1)NC. The van der Waals surface area contributed by atoms with Crippen LogP contribution in [0.1, 0.15) is 25.3 Å². The molecule has 0 unspecified atom stereocenters. The van der Waals surface area contributed by atoms with Crippen LogP contribution >= 0.6 is 11.6 Å². The predicted octanol–water partition coefficient (Wildman–Crippen LogP) is 3.66. The number of rotatable bonds is 5. The highest BCUT2D eigenvalue weighted by molar-refractivity contribution is 6.30. The number of aliphatic imine (C=N–C) groups is 1. The Morgan fingerprint density at radius 2 is 2.00 bits per heavy atom. The molecule has 1 aromatic rings. The Hall–Kier alpha value is -1.28. The Bertz CT molecular complexity index is 405. The molecule has 0 saturated carbocycles. The van der Waals surface area contributed by atoms with Gasteiger partial charge >= 0.3 is 0 Å². The fourth-order valence-corrected chi connectivity index (χ4v) is 1.73. The molecule has 0 atom stereocenters. The van der Waals surface area contributed by atoms with Crippen molar-refractivity contribution in [2.24, 2.45) is 4.99 Å². The first-order valence-corrected chi connectivity index (χ1v) is 6.20. The van der Waals surface area contributed by atoms with Gasteiger partial charge in [0.05, 0.1) is 5.71 Å². The van der Waals surface area contributed by atoms with E-state index in [0.717, 1.165) is 29.1 Å². The quantitative estimate of drug-likeness (QED) is 0.793. The monoisotopic (exact) mass is 250 g/mol. The Morgan fingerprint density at radius 1 is 1.35 bits per heavy atom. The Kier molecular flexibility index (Phi) is 5.78. The standard InChI is InChI=1S/C14H19ClN2/c1-4-5-13(16-2)10-14(17-3)11-6-8-12(15)9-7-11/h6-10,16H,4-5H2,1-3H3/b13-10+,17-14?. The van der Waals surface area contributed by atoms with Gasteiger partial charge in [0.1, 0.15) is 0 Å². The molecule has 0 spiro atoms. The zero-order chi connectivity index (χ0) is 12.7. The molecule has 1 aromatic carbocycles. The van der Waals surface area contributed by atoms with Crippen LogP contribution in [0.5, 0.6) is 0 Å². The average molecular weight is 251 g/mol. The first kappa shape index (κ1) is 13.8. The number of halogens is 1. The highest BCUT2D eigenvalue weighted by atomic mass is 35.5. The van der Waals surface area contributed by atoms with Gasteiger partial charge in [0.15, 0.2) is 0 Å². The van der Waals surface area contributed by atoms with Crippen molar-refractivity contribution in [3.63, 3.8) is 0 Å². The van der Waals surface area contributed by atoms with Crippen molar-refractivity contribution in [1.29, 1.82) is 0 Å². The van der Waals surface area contributed by atoms with Crippen LogP contribution in [0.4, 0.5) is 0 Å². The lowest BCUT2D eigenvalue weighted by Gasteiger charge is -2.07. The van der Waals surface area contributed by atoms with Gasteiger partial charge in [0.2, 0.25) is 0 Å². The highest BCUT2D eigenvalue weighted by Gasteiger charge is 2.01. The smallest absolute Gasteiger partial charge is 0.0660 e. The van der Waals surface area contributed by atoms with Crippen LogP contribution < -0.4 is 5.32 Å². The van der Waals surface area contributed by atoms with Crippen molar-refractivity contribution in [2.75, 3.05) is 14.1 Å². The van der Waals surface area contributed by atoms with Gasteiger partial charge in [-0.25, -0.2) is 0 Å². The minimum atomic E-state index is 0.746. The van der Waals surface area contributed by atoms with Crippen LogP contribution in [0.25, 0.3) is 0 Å². The third-order valence-corrected chi connectivity index (χ3v) is 2.78. The number of allylic oxidation sites excluding steroid dienone is 2. The van der Waals surface area contributed by atoms with Crippen LogP contribution in [0, 0.1) is 0 Å². The van der Waals surface area contributed by atoms with E-state index < -0.39 is 0 Å². The molecule has 0 heterocycles. The summed E-state index contributed by atoms with van der Waals surface area (Å²) in [6.45, 7) is 2.16. The zero-order valence-corrected chi connectivity index (χ0v) is 11.4. The molecule has 3 heteroatoms. The van der Waals surface area contributed by atoms with Gasteiger partial charge in [-0.05, 0) is 30.2 Å². The largest absolute Gasteiger partial charge is 0.391 e. The summed E-state index contributed by atoms with van der Waals surface area (Å²) >= 11 is 5.87. The molecule has 0 aliphatic carbocycles. The topological polar surface area (TPSA) is 24.4 Å². The molecule has 1 rings (SSSR count). The molecule has 0 fully saturated rings. The second-order valence-corrected chi connectivity index (χ2v) is 4.22. The number of nitrogens with one attached hydrogen (secondary N) is 1.